The van der Waals surface area contributed by atoms with Gasteiger partial charge in [0.2, 0.25) is 0 Å². The van der Waals surface area contributed by atoms with Gasteiger partial charge < -0.3 is 5.11 Å². The van der Waals surface area contributed by atoms with Gasteiger partial charge in [0.1, 0.15) is 5.75 Å². The number of aromatic hydroxyl groups is 1. The number of benzene rings is 1. The molecule has 0 saturated carbocycles. The highest BCUT2D eigenvalue weighted by atomic mass is 35.5. The van der Waals surface area contributed by atoms with Crippen LogP contribution in [0.25, 0.3) is 0 Å². The van der Waals surface area contributed by atoms with E-state index in [4.69, 9.17) is 11.6 Å². The van der Waals surface area contributed by atoms with Crippen LogP contribution in [0, 0.1) is 0 Å². The zero-order valence-electron chi connectivity index (χ0n) is 12.2. The number of hydrogen-bond acceptors (Lipinski definition) is 3. The Morgan fingerprint density at radius 3 is 2.47 bits per heavy atom. The molecule has 0 aliphatic heterocycles. The normalized spacial score (nSPS) is 11.9. The number of Topliss-reactive ketones (excluding diaryl/α,β-unsaturated/α-hetero) is 1. The number of phenols is 1. The summed E-state index contributed by atoms with van der Waals surface area (Å²) >= 11 is 6.02. The fourth-order valence-electron chi connectivity index (χ4n) is 1.78. The standard InChI is InChI=1S/C15H22ClNO2/c1-6-15(3,4)17(5)9-11-7-12(16)8-13(10(2)18)14(11)19/h7-8,19H,6,9H2,1-5H3. The van der Waals surface area contributed by atoms with Crippen molar-refractivity contribution in [2.45, 2.75) is 46.2 Å². The fourth-order valence-corrected chi connectivity index (χ4v) is 2.02. The molecular formula is C15H22ClNO2. The summed E-state index contributed by atoms with van der Waals surface area (Å²) in [6.07, 6.45) is 0.990. The van der Waals surface area contributed by atoms with Gasteiger partial charge in [0.25, 0.3) is 0 Å². The van der Waals surface area contributed by atoms with E-state index in [0.717, 1.165) is 6.42 Å². The van der Waals surface area contributed by atoms with Crippen LogP contribution in [0.1, 0.15) is 50.0 Å². The van der Waals surface area contributed by atoms with Gasteiger partial charge in [-0.25, -0.2) is 0 Å². The quantitative estimate of drug-likeness (QED) is 0.834. The Kier molecular flexibility index (Phi) is 4.99. The monoisotopic (exact) mass is 283 g/mol. The molecule has 0 amide bonds. The second-order valence-corrected chi connectivity index (χ2v) is 5.98. The minimum absolute atomic E-state index is 0.0190. The number of halogens is 1. The van der Waals surface area contributed by atoms with E-state index in [1.165, 1.54) is 13.0 Å². The number of carbonyl (C=O) groups excluding carboxylic acids is 1. The number of hydrogen-bond donors (Lipinski definition) is 1. The first-order valence-corrected chi connectivity index (χ1v) is 6.80. The molecule has 106 valence electrons. The molecule has 0 heterocycles. The number of carbonyl (C=O) groups is 1. The number of phenolic OH excluding ortho intramolecular Hbond substituents is 1. The molecule has 0 bridgehead atoms. The molecule has 0 unspecified atom stereocenters. The van der Waals surface area contributed by atoms with Crippen molar-refractivity contribution in [1.82, 2.24) is 4.90 Å². The molecular weight excluding hydrogens is 262 g/mol. The van der Waals surface area contributed by atoms with Crippen LogP contribution in [0.3, 0.4) is 0 Å². The highest BCUT2D eigenvalue weighted by Gasteiger charge is 2.23. The molecule has 0 atom stereocenters. The molecule has 1 aromatic rings. The molecule has 0 aromatic heterocycles. The van der Waals surface area contributed by atoms with Crippen LogP contribution in [-0.4, -0.2) is 28.4 Å². The van der Waals surface area contributed by atoms with Gasteiger partial charge in [0, 0.05) is 22.7 Å². The largest absolute Gasteiger partial charge is 0.507 e. The molecule has 0 fully saturated rings. The maximum absolute atomic E-state index is 11.5. The van der Waals surface area contributed by atoms with Crippen LogP contribution in [0.4, 0.5) is 0 Å². The predicted octanol–water partition coefficient (Wildman–Crippen LogP) is 3.87. The first-order chi connectivity index (χ1) is 8.69. The van der Waals surface area contributed by atoms with E-state index in [1.807, 2.05) is 7.05 Å². The molecule has 1 N–H and O–H groups in total. The van der Waals surface area contributed by atoms with Crippen molar-refractivity contribution in [2.75, 3.05) is 7.05 Å². The van der Waals surface area contributed by atoms with E-state index in [0.29, 0.717) is 17.1 Å². The van der Waals surface area contributed by atoms with Gasteiger partial charge in [0.05, 0.1) is 5.56 Å². The van der Waals surface area contributed by atoms with Crippen LogP contribution < -0.4 is 0 Å². The first-order valence-electron chi connectivity index (χ1n) is 6.42. The van der Waals surface area contributed by atoms with Gasteiger partial charge in [-0.3, -0.25) is 9.69 Å². The number of nitrogens with zero attached hydrogens (tertiary/aromatic N) is 1. The number of rotatable bonds is 5. The molecule has 0 spiro atoms. The number of ketones is 1. The van der Waals surface area contributed by atoms with Crippen LogP contribution in [0.15, 0.2) is 12.1 Å². The lowest BCUT2D eigenvalue weighted by atomic mass is 9.98. The minimum atomic E-state index is -0.182. The second kappa shape index (κ2) is 5.93. The van der Waals surface area contributed by atoms with Crippen LogP contribution in [0.5, 0.6) is 5.75 Å². The Bertz CT molecular complexity index is 483. The van der Waals surface area contributed by atoms with Crippen molar-refractivity contribution in [3.63, 3.8) is 0 Å². The molecule has 1 aromatic carbocycles. The Morgan fingerprint density at radius 2 is 2.00 bits per heavy atom. The molecule has 0 aliphatic carbocycles. The smallest absolute Gasteiger partial charge is 0.163 e. The Hall–Kier alpha value is -1.06. The highest BCUT2D eigenvalue weighted by molar-refractivity contribution is 6.31. The fraction of sp³-hybridized carbons (Fsp3) is 0.533. The Labute approximate surface area is 120 Å². The molecule has 4 heteroatoms. The van der Waals surface area contributed by atoms with Crippen LogP contribution in [0.2, 0.25) is 5.02 Å². The zero-order chi connectivity index (χ0) is 14.8. The van der Waals surface area contributed by atoms with Crippen molar-refractivity contribution in [3.05, 3.63) is 28.3 Å². The van der Waals surface area contributed by atoms with E-state index in [9.17, 15) is 9.90 Å². The van der Waals surface area contributed by atoms with Gasteiger partial charge in [0.15, 0.2) is 5.78 Å². The van der Waals surface area contributed by atoms with Crippen molar-refractivity contribution in [2.24, 2.45) is 0 Å². The average Bonchev–Trinajstić information content (AvgIpc) is 2.32. The summed E-state index contributed by atoms with van der Waals surface area (Å²) in [5.41, 5.74) is 0.984. The third-order valence-corrected chi connectivity index (χ3v) is 4.06. The summed E-state index contributed by atoms with van der Waals surface area (Å²) in [6.45, 7) is 8.37. The average molecular weight is 284 g/mol. The van der Waals surface area contributed by atoms with Gasteiger partial charge in [-0.1, -0.05) is 18.5 Å². The molecule has 0 saturated heterocycles. The van der Waals surface area contributed by atoms with Gasteiger partial charge >= 0.3 is 0 Å². The molecule has 0 aliphatic rings. The van der Waals surface area contributed by atoms with Gasteiger partial charge in [-0.15, -0.1) is 0 Å². The maximum Gasteiger partial charge on any atom is 0.163 e. The third-order valence-electron chi connectivity index (χ3n) is 3.84. The summed E-state index contributed by atoms with van der Waals surface area (Å²) in [6, 6.07) is 3.22. The van der Waals surface area contributed by atoms with Gasteiger partial charge in [-0.05, 0) is 46.4 Å². The van der Waals surface area contributed by atoms with E-state index in [1.54, 1.807) is 6.07 Å². The summed E-state index contributed by atoms with van der Waals surface area (Å²) in [5.74, 6) is -0.144. The molecule has 1 rings (SSSR count). The molecule has 0 radical (unpaired) electrons. The highest BCUT2D eigenvalue weighted by Crippen LogP contribution is 2.30. The summed E-state index contributed by atoms with van der Waals surface area (Å²) in [7, 11) is 2.00. The first kappa shape index (κ1) is 16.0. The maximum atomic E-state index is 11.5. The minimum Gasteiger partial charge on any atom is -0.507 e. The van der Waals surface area contributed by atoms with Crippen molar-refractivity contribution in [1.29, 1.82) is 0 Å². The van der Waals surface area contributed by atoms with Crippen LogP contribution in [-0.2, 0) is 6.54 Å². The second-order valence-electron chi connectivity index (χ2n) is 5.54. The molecule has 19 heavy (non-hydrogen) atoms. The predicted molar refractivity (Wildman–Crippen MR) is 79.0 cm³/mol. The van der Waals surface area contributed by atoms with E-state index in [-0.39, 0.29) is 22.6 Å². The summed E-state index contributed by atoms with van der Waals surface area (Å²) in [5, 5.41) is 10.6. The Morgan fingerprint density at radius 1 is 1.42 bits per heavy atom. The van der Waals surface area contributed by atoms with E-state index < -0.39 is 0 Å². The zero-order valence-corrected chi connectivity index (χ0v) is 13.0. The lowest BCUT2D eigenvalue weighted by Crippen LogP contribution is -2.39. The summed E-state index contributed by atoms with van der Waals surface area (Å²) in [4.78, 5) is 13.6. The van der Waals surface area contributed by atoms with Crippen molar-refractivity contribution >= 4 is 17.4 Å². The third kappa shape index (κ3) is 3.71. The topological polar surface area (TPSA) is 40.5 Å². The van der Waals surface area contributed by atoms with Gasteiger partial charge in [-0.2, -0.15) is 0 Å². The van der Waals surface area contributed by atoms with Crippen molar-refractivity contribution in [3.8, 4) is 5.75 Å². The van der Waals surface area contributed by atoms with E-state index in [2.05, 4.69) is 25.7 Å². The van der Waals surface area contributed by atoms with Crippen molar-refractivity contribution < 1.29 is 9.90 Å². The van der Waals surface area contributed by atoms with Crippen LogP contribution >= 0.6 is 11.6 Å². The SMILES string of the molecule is CCC(C)(C)N(C)Cc1cc(Cl)cc(C(C)=O)c1O. The lowest BCUT2D eigenvalue weighted by molar-refractivity contribution is 0.101. The van der Waals surface area contributed by atoms with E-state index >= 15 is 0 Å². The summed E-state index contributed by atoms with van der Waals surface area (Å²) < 4.78 is 0. The lowest BCUT2D eigenvalue weighted by Gasteiger charge is -2.35. The molecule has 3 nitrogen and oxygen atoms in total. The Balaban J connectivity index is 3.12.